The van der Waals surface area contributed by atoms with Crippen molar-refractivity contribution in [2.75, 3.05) is 6.54 Å². The minimum Gasteiger partial charge on any atom is -0.481 e. The molecular weight excluding hydrogens is 210 g/mol. The van der Waals surface area contributed by atoms with Crippen molar-refractivity contribution in [3.8, 4) is 0 Å². The summed E-state index contributed by atoms with van der Waals surface area (Å²) in [7, 11) is 0. The van der Waals surface area contributed by atoms with Crippen LogP contribution in [0, 0.1) is 0 Å². The van der Waals surface area contributed by atoms with Crippen LogP contribution in [-0.4, -0.2) is 41.3 Å². The van der Waals surface area contributed by atoms with E-state index in [1.54, 1.807) is 0 Å². The van der Waals surface area contributed by atoms with Gasteiger partial charge in [-0.1, -0.05) is 0 Å². The van der Waals surface area contributed by atoms with Crippen molar-refractivity contribution in [3.05, 3.63) is 0 Å². The van der Waals surface area contributed by atoms with Crippen molar-refractivity contribution in [1.29, 1.82) is 0 Å². The van der Waals surface area contributed by atoms with Crippen molar-refractivity contribution in [2.24, 2.45) is 4.99 Å². The summed E-state index contributed by atoms with van der Waals surface area (Å²) in [5, 5.41) is 8.56. The van der Waals surface area contributed by atoms with Gasteiger partial charge in [0.2, 0.25) is 0 Å². The molecule has 0 saturated carbocycles. The molecule has 0 aromatic heterocycles. The second-order valence-corrected chi connectivity index (χ2v) is 4.67. The Morgan fingerprint density at radius 2 is 2.31 bits per heavy atom. The lowest BCUT2D eigenvalue weighted by atomic mass is 10.1. The third kappa shape index (κ3) is 2.41. The molecule has 2 atom stereocenters. The Hall–Kier alpha value is -0.940. The number of carbonyl (C=O) groups is 1. The third-order valence-corrected chi connectivity index (χ3v) is 2.81. The first-order valence-electron chi connectivity index (χ1n) is 5.58. The van der Waals surface area contributed by atoms with Gasteiger partial charge in [-0.15, -0.1) is 0 Å². The van der Waals surface area contributed by atoms with Gasteiger partial charge in [0.05, 0.1) is 6.54 Å². The van der Waals surface area contributed by atoms with E-state index >= 15 is 0 Å². The molecule has 2 rings (SSSR count). The SMILES string of the molecule is CC1(C)O[C@@H]2CN=C(CCCC(=O)O)[C@@H]2O1. The number of aliphatic carboxylic acids is 1. The summed E-state index contributed by atoms with van der Waals surface area (Å²) >= 11 is 0. The molecule has 1 fully saturated rings. The molecule has 0 spiro atoms. The second kappa shape index (κ2) is 4.14. The van der Waals surface area contributed by atoms with E-state index in [2.05, 4.69) is 4.99 Å². The predicted molar refractivity (Wildman–Crippen MR) is 57.6 cm³/mol. The normalized spacial score (nSPS) is 31.2. The maximum atomic E-state index is 10.4. The van der Waals surface area contributed by atoms with Crippen LogP contribution in [0.5, 0.6) is 0 Å². The number of carboxylic acids is 1. The first-order valence-corrected chi connectivity index (χ1v) is 5.58. The molecule has 0 aromatic carbocycles. The fraction of sp³-hybridized carbons (Fsp3) is 0.818. The molecule has 1 saturated heterocycles. The van der Waals surface area contributed by atoms with Crippen LogP contribution >= 0.6 is 0 Å². The Morgan fingerprint density at radius 1 is 1.56 bits per heavy atom. The molecule has 2 heterocycles. The number of fused-ring (bicyclic) bond motifs is 1. The van der Waals surface area contributed by atoms with Crippen LogP contribution in [0.2, 0.25) is 0 Å². The predicted octanol–water partition coefficient (Wildman–Crippen LogP) is 1.22. The van der Waals surface area contributed by atoms with E-state index in [0.29, 0.717) is 19.4 Å². The topological polar surface area (TPSA) is 68.1 Å². The van der Waals surface area contributed by atoms with Gasteiger partial charge in [0.15, 0.2) is 5.79 Å². The number of hydrogen-bond acceptors (Lipinski definition) is 4. The highest BCUT2D eigenvalue weighted by Gasteiger charge is 2.46. The molecule has 5 nitrogen and oxygen atoms in total. The van der Waals surface area contributed by atoms with Gasteiger partial charge >= 0.3 is 5.97 Å². The zero-order valence-electron chi connectivity index (χ0n) is 9.60. The van der Waals surface area contributed by atoms with E-state index in [-0.39, 0.29) is 18.6 Å². The molecule has 0 aliphatic carbocycles. The number of ether oxygens (including phenoxy) is 2. The van der Waals surface area contributed by atoms with Gasteiger partial charge in [0.25, 0.3) is 0 Å². The molecule has 16 heavy (non-hydrogen) atoms. The first kappa shape index (κ1) is 11.5. The molecule has 0 amide bonds. The lowest BCUT2D eigenvalue weighted by molar-refractivity contribution is -0.142. The largest absolute Gasteiger partial charge is 0.481 e. The summed E-state index contributed by atoms with van der Waals surface area (Å²) in [5.74, 6) is -1.30. The lowest BCUT2D eigenvalue weighted by Crippen LogP contribution is -2.27. The Morgan fingerprint density at radius 3 is 3.00 bits per heavy atom. The maximum absolute atomic E-state index is 10.4. The van der Waals surface area contributed by atoms with Gasteiger partial charge in [-0.3, -0.25) is 9.79 Å². The maximum Gasteiger partial charge on any atom is 0.303 e. The minimum absolute atomic E-state index is 0.0230. The molecule has 0 bridgehead atoms. The van der Waals surface area contributed by atoms with Gasteiger partial charge in [0, 0.05) is 12.1 Å². The summed E-state index contributed by atoms with van der Waals surface area (Å²) in [6, 6.07) is 0. The smallest absolute Gasteiger partial charge is 0.303 e. The van der Waals surface area contributed by atoms with Crippen molar-refractivity contribution in [3.63, 3.8) is 0 Å². The van der Waals surface area contributed by atoms with Crippen LogP contribution in [0.1, 0.15) is 33.1 Å². The standard InChI is InChI=1S/C11H17NO4/c1-11(2)15-8-6-12-7(10(8)16-11)4-3-5-9(13)14/h8,10H,3-6H2,1-2H3,(H,13,14)/t8-,10+/m1/s1. The molecule has 1 N–H and O–H groups in total. The van der Waals surface area contributed by atoms with Gasteiger partial charge in [-0.05, 0) is 26.7 Å². The van der Waals surface area contributed by atoms with Gasteiger partial charge in [0.1, 0.15) is 12.2 Å². The Kier molecular flexibility index (Phi) is 2.99. The summed E-state index contributed by atoms with van der Waals surface area (Å²) in [5.41, 5.74) is 0.955. The van der Waals surface area contributed by atoms with Crippen LogP contribution < -0.4 is 0 Å². The Labute approximate surface area is 94.5 Å². The molecule has 0 aromatic rings. The Balaban J connectivity index is 1.86. The van der Waals surface area contributed by atoms with Crippen molar-refractivity contribution in [1.82, 2.24) is 0 Å². The summed E-state index contributed by atoms with van der Waals surface area (Å²) in [4.78, 5) is 14.8. The van der Waals surface area contributed by atoms with Crippen molar-refractivity contribution in [2.45, 2.75) is 51.1 Å². The van der Waals surface area contributed by atoms with Crippen molar-refractivity contribution >= 4 is 11.7 Å². The van der Waals surface area contributed by atoms with Gasteiger partial charge in [-0.25, -0.2) is 0 Å². The van der Waals surface area contributed by atoms with E-state index in [1.165, 1.54) is 0 Å². The van der Waals surface area contributed by atoms with Crippen LogP contribution in [0.3, 0.4) is 0 Å². The second-order valence-electron chi connectivity index (χ2n) is 4.67. The molecule has 90 valence electrons. The van der Waals surface area contributed by atoms with Crippen LogP contribution in [0.15, 0.2) is 4.99 Å². The summed E-state index contributed by atoms with van der Waals surface area (Å²) in [6.45, 7) is 4.41. The van der Waals surface area contributed by atoms with Crippen LogP contribution in [0.25, 0.3) is 0 Å². The molecule has 2 aliphatic heterocycles. The monoisotopic (exact) mass is 227 g/mol. The lowest BCUT2D eigenvalue weighted by Gasteiger charge is -2.18. The van der Waals surface area contributed by atoms with E-state index in [9.17, 15) is 4.79 Å². The zero-order chi connectivity index (χ0) is 11.8. The van der Waals surface area contributed by atoms with E-state index in [1.807, 2.05) is 13.8 Å². The fourth-order valence-electron chi connectivity index (χ4n) is 2.19. The number of carboxylic acid groups (broad SMARTS) is 1. The summed E-state index contributed by atoms with van der Waals surface area (Å²) in [6.07, 6.45) is 1.44. The third-order valence-electron chi connectivity index (χ3n) is 2.81. The number of aliphatic imine (C=N–C) groups is 1. The molecule has 0 unspecified atom stereocenters. The quantitative estimate of drug-likeness (QED) is 0.784. The highest BCUT2D eigenvalue weighted by molar-refractivity contribution is 5.91. The highest BCUT2D eigenvalue weighted by atomic mass is 16.8. The van der Waals surface area contributed by atoms with Gasteiger partial charge in [-0.2, -0.15) is 0 Å². The number of rotatable bonds is 4. The number of nitrogens with zero attached hydrogens (tertiary/aromatic N) is 1. The van der Waals surface area contributed by atoms with E-state index in [0.717, 1.165) is 5.71 Å². The van der Waals surface area contributed by atoms with Crippen LogP contribution in [-0.2, 0) is 14.3 Å². The zero-order valence-corrected chi connectivity index (χ0v) is 9.60. The van der Waals surface area contributed by atoms with Crippen molar-refractivity contribution < 1.29 is 19.4 Å². The van der Waals surface area contributed by atoms with Gasteiger partial charge < -0.3 is 14.6 Å². The highest BCUT2D eigenvalue weighted by Crippen LogP contribution is 2.33. The fourth-order valence-corrected chi connectivity index (χ4v) is 2.19. The average Bonchev–Trinajstić information content (AvgIpc) is 2.62. The molecule has 5 heteroatoms. The van der Waals surface area contributed by atoms with E-state index < -0.39 is 11.8 Å². The van der Waals surface area contributed by atoms with Crippen LogP contribution in [0.4, 0.5) is 0 Å². The first-order chi connectivity index (χ1) is 7.48. The number of hydrogen-bond donors (Lipinski definition) is 1. The molecular formula is C11H17NO4. The average molecular weight is 227 g/mol. The molecule has 2 aliphatic rings. The minimum atomic E-state index is -0.765. The summed E-state index contributed by atoms with van der Waals surface area (Å²) < 4.78 is 11.4. The van der Waals surface area contributed by atoms with E-state index in [4.69, 9.17) is 14.6 Å². The molecule has 0 radical (unpaired) electrons. The Bertz CT molecular complexity index is 324.